The van der Waals surface area contributed by atoms with E-state index in [-0.39, 0.29) is 11.6 Å². The molecule has 0 radical (unpaired) electrons. The van der Waals surface area contributed by atoms with Gasteiger partial charge in [-0.25, -0.2) is 4.79 Å². The van der Waals surface area contributed by atoms with Gasteiger partial charge in [-0.1, -0.05) is 32.6 Å². The molecule has 0 saturated carbocycles. The fourth-order valence-corrected chi connectivity index (χ4v) is 2.72. The van der Waals surface area contributed by atoms with Gasteiger partial charge in [0, 0.05) is 11.6 Å². The zero-order valence-electron chi connectivity index (χ0n) is 16.5. The third kappa shape index (κ3) is 7.14. The van der Waals surface area contributed by atoms with Crippen LogP contribution in [-0.2, 0) is 9.53 Å². The van der Waals surface area contributed by atoms with Gasteiger partial charge in [0.05, 0.1) is 6.61 Å². The molecule has 1 aromatic carbocycles. The minimum Gasteiger partial charge on any atom is -0.544 e. The fourth-order valence-electron chi connectivity index (χ4n) is 1.68. The number of alkyl halides is 3. The second-order valence-electron chi connectivity index (χ2n) is 7.44. The Bertz CT molecular complexity index is 746. The van der Waals surface area contributed by atoms with Gasteiger partial charge in [0.15, 0.2) is 0 Å². The molecule has 148 valence electrons. The molecule has 0 unspecified atom stereocenters. The SMILES string of the molecule is CCOC(=O)/C=C(\C#Cc1ccc(O[Si](C)(C)C(C)(C)C)cc1)C(F)(F)F. The van der Waals surface area contributed by atoms with E-state index in [0.29, 0.717) is 17.4 Å². The first kappa shape index (κ1) is 22.8. The van der Waals surface area contributed by atoms with Crippen LogP contribution >= 0.6 is 0 Å². The molecule has 0 N–H and O–H groups in total. The number of hydrogen-bond acceptors (Lipinski definition) is 3. The summed E-state index contributed by atoms with van der Waals surface area (Å²) in [6.07, 6.45) is -4.36. The molecule has 0 amide bonds. The lowest BCUT2D eigenvalue weighted by molar-refractivity contribution is -0.138. The number of allylic oxidation sites excluding steroid dienone is 1. The second kappa shape index (κ2) is 8.66. The Morgan fingerprint density at radius 2 is 1.70 bits per heavy atom. The van der Waals surface area contributed by atoms with Gasteiger partial charge in [0.25, 0.3) is 0 Å². The third-order valence-corrected chi connectivity index (χ3v) is 8.59. The van der Waals surface area contributed by atoms with Crippen molar-refractivity contribution in [2.75, 3.05) is 6.61 Å². The zero-order valence-corrected chi connectivity index (χ0v) is 17.5. The van der Waals surface area contributed by atoms with E-state index in [4.69, 9.17) is 4.43 Å². The lowest BCUT2D eigenvalue weighted by Crippen LogP contribution is -2.43. The van der Waals surface area contributed by atoms with Crippen LogP contribution in [0.4, 0.5) is 13.2 Å². The van der Waals surface area contributed by atoms with Gasteiger partial charge >= 0.3 is 12.1 Å². The van der Waals surface area contributed by atoms with Crippen molar-refractivity contribution in [2.45, 2.75) is 52.0 Å². The van der Waals surface area contributed by atoms with Crippen molar-refractivity contribution in [1.29, 1.82) is 0 Å². The van der Waals surface area contributed by atoms with Crippen LogP contribution in [0.2, 0.25) is 18.1 Å². The van der Waals surface area contributed by atoms with E-state index < -0.39 is 26.0 Å². The molecule has 1 rings (SSSR count). The van der Waals surface area contributed by atoms with Crippen LogP contribution in [0.15, 0.2) is 35.9 Å². The van der Waals surface area contributed by atoms with Gasteiger partial charge in [-0.15, -0.1) is 0 Å². The molecule has 0 heterocycles. The van der Waals surface area contributed by atoms with E-state index in [9.17, 15) is 18.0 Å². The normalized spacial score (nSPS) is 12.9. The minimum atomic E-state index is -4.73. The lowest BCUT2D eigenvalue weighted by atomic mass is 10.2. The predicted molar refractivity (Wildman–Crippen MR) is 102 cm³/mol. The van der Waals surface area contributed by atoms with Gasteiger partial charge < -0.3 is 9.16 Å². The van der Waals surface area contributed by atoms with Gasteiger partial charge in [-0.05, 0) is 49.3 Å². The number of halogens is 3. The number of carbonyl (C=O) groups is 1. The average molecular weight is 398 g/mol. The summed E-state index contributed by atoms with van der Waals surface area (Å²) in [4.78, 5) is 11.3. The summed E-state index contributed by atoms with van der Waals surface area (Å²) in [5.74, 6) is 4.02. The number of benzene rings is 1. The summed E-state index contributed by atoms with van der Waals surface area (Å²) in [7, 11) is -2.00. The fraction of sp³-hybridized carbons (Fsp3) is 0.450. The van der Waals surface area contributed by atoms with E-state index in [1.54, 1.807) is 24.3 Å². The molecule has 27 heavy (non-hydrogen) atoms. The van der Waals surface area contributed by atoms with Crippen molar-refractivity contribution in [3.8, 4) is 17.6 Å². The molecule has 0 aromatic heterocycles. The maximum absolute atomic E-state index is 13.0. The topological polar surface area (TPSA) is 35.5 Å². The number of ether oxygens (including phenoxy) is 1. The quantitative estimate of drug-likeness (QED) is 0.292. The van der Waals surface area contributed by atoms with Crippen LogP contribution in [0.1, 0.15) is 33.3 Å². The Morgan fingerprint density at radius 1 is 1.15 bits per heavy atom. The summed E-state index contributed by atoms with van der Waals surface area (Å²) in [6.45, 7) is 12.1. The molecule has 0 saturated heterocycles. The monoisotopic (exact) mass is 398 g/mol. The smallest absolute Gasteiger partial charge is 0.424 e. The number of carbonyl (C=O) groups excluding carboxylic acids is 1. The second-order valence-corrected chi connectivity index (χ2v) is 12.2. The minimum absolute atomic E-state index is 0.0103. The highest BCUT2D eigenvalue weighted by atomic mass is 28.4. The zero-order chi connectivity index (χ0) is 20.9. The largest absolute Gasteiger partial charge is 0.544 e. The van der Waals surface area contributed by atoms with Crippen molar-refractivity contribution >= 4 is 14.3 Å². The molecule has 0 atom stereocenters. The van der Waals surface area contributed by atoms with Crippen molar-refractivity contribution < 1.29 is 27.1 Å². The maximum atomic E-state index is 13.0. The summed E-state index contributed by atoms with van der Waals surface area (Å²) in [5.41, 5.74) is -0.862. The first-order chi connectivity index (χ1) is 12.3. The van der Waals surface area contributed by atoms with Crippen molar-refractivity contribution in [1.82, 2.24) is 0 Å². The molecule has 0 fully saturated rings. The molecule has 0 aliphatic rings. The van der Waals surface area contributed by atoms with Crippen LogP contribution < -0.4 is 4.43 Å². The van der Waals surface area contributed by atoms with E-state index >= 15 is 0 Å². The predicted octanol–water partition coefficient (Wildman–Crippen LogP) is 5.47. The Kier molecular flexibility index (Phi) is 7.32. The first-order valence-corrected chi connectivity index (χ1v) is 11.4. The molecular formula is C20H25F3O3Si. The summed E-state index contributed by atoms with van der Waals surface area (Å²) < 4.78 is 49.6. The van der Waals surface area contributed by atoms with Crippen LogP contribution in [0.25, 0.3) is 0 Å². The number of rotatable bonds is 4. The third-order valence-electron chi connectivity index (χ3n) is 4.23. The van der Waals surface area contributed by atoms with E-state index in [2.05, 4.69) is 44.5 Å². The van der Waals surface area contributed by atoms with Crippen molar-refractivity contribution in [3.63, 3.8) is 0 Å². The van der Waals surface area contributed by atoms with Gasteiger partial charge in [0.1, 0.15) is 11.3 Å². The molecule has 0 aliphatic carbocycles. The summed E-state index contributed by atoms with van der Waals surface area (Å²) >= 11 is 0. The van der Waals surface area contributed by atoms with Crippen LogP contribution in [0.5, 0.6) is 5.75 Å². The Hall–Kier alpha value is -2.20. The number of hydrogen-bond donors (Lipinski definition) is 0. The highest BCUT2D eigenvalue weighted by Crippen LogP contribution is 2.37. The van der Waals surface area contributed by atoms with Gasteiger partial charge in [0.2, 0.25) is 8.32 Å². The highest BCUT2D eigenvalue weighted by Gasteiger charge is 2.39. The van der Waals surface area contributed by atoms with Crippen molar-refractivity contribution in [3.05, 3.63) is 41.5 Å². The Labute approximate surface area is 159 Å². The van der Waals surface area contributed by atoms with Gasteiger partial charge in [-0.2, -0.15) is 13.2 Å². The van der Waals surface area contributed by atoms with Gasteiger partial charge in [-0.3, -0.25) is 0 Å². The summed E-state index contributed by atoms with van der Waals surface area (Å²) in [5, 5.41) is 0.0327. The molecule has 7 heteroatoms. The number of esters is 1. The van der Waals surface area contributed by atoms with Crippen LogP contribution in [0, 0.1) is 11.8 Å². The Balaban J connectivity index is 3.02. The lowest BCUT2D eigenvalue weighted by Gasteiger charge is -2.36. The first-order valence-electron chi connectivity index (χ1n) is 8.53. The van der Waals surface area contributed by atoms with E-state index in [1.807, 2.05) is 5.92 Å². The molecular weight excluding hydrogens is 373 g/mol. The Morgan fingerprint density at radius 3 is 2.15 bits per heavy atom. The molecule has 0 bridgehead atoms. The average Bonchev–Trinajstić information content (AvgIpc) is 2.50. The molecule has 1 aromatic rings. The van der Waals surface area contributed by atoms with E-state index in [0.717, 1.165) is 0 Å². The van der Waals surface area contributed by atoms with Crippen LogP contribution in [-0.4, -0.2) is 27.1 Å². The molecule has 3 nitrogen and oxygen atoms in total. The highest BCUT2D eigenvalue weighted by molar-refractivity contribution is 6.74. The van der Waals surface area contributed by atoms with Crippen molar-refractivity contribution in [2.24, 2.45) is 0 Å². The molecule has 0 spiro atoms. The molecule has 0 aliphatic heterocycles. The summed E-state index contributed by atoms with van der Waals surface area (Å²) in [6, 6.07) is 6.56. The standard InChI is InChI=1S/C20H25F3O3Si/c1-7-25-18(24)14-16(20(21,22)23)11-8-15-9-12-17(13-10-15)26-27(5,6)19(2,3)4/h9-10,12-14H,7H2,1-6H3/b16-14+. The van der Waals surface area contributed by atoms with E-state index in [1.165, 1.54) is 6.92 Å². The maximum Gasteiger partial charge on any atom is 0.424 e. The van der Waals surface area contributed by atoms with Crippen LogP contribution in [0.3, 0.4) is 0 Å².